The summed E-state index contributed by atoms with van der Waals surface area (Å²) in [6.07, 6.45) is 4.07. The predicted molar refractivity (Wildman–Crippen MR) is 67.8 cm³/mol. The van der Waals surface area contributed by atoms with Gasteiger partial charge in [0.2, 0.25) is 0 Å². The minimum atomic E-state index is -1.04. The molecule has 2 aromatic rings. The summed E-state index contributed by atoms with van der Waals surface area (Å²) in [5, 5.41) is 16.9. The molecule has 0 aromatic carbocycles. The summed E-state index contributed by atoms with van der Waals surface area (Å²) in [6, 6.07) is 0. The van der Waals surface area contributed by atoms with E-state index in [4.69, 9.17) is 5.11 Å². The molecule has 2 rings (SSSR count). The zero-order chi connectivity index (χ0) is 14.0. The highest BCUT2D eigenvalue weighted by atomic mass is 16.4. The first-order valence-corrected chi connectivity index (χ1v) is 6.10. The number of carbonyl (C=O) groups is 1. The fraction of sp³-hybridized carbons (Fsp3) is 0.500. The first kappa shape index (κ1) is 13.3. The van der Waals surface area contributed by atoms with Crippen molar-refractivity contribution >= 4 is 5.97 Å². The second-order valence-electron chi connectivity index (χ2n) is 4.94. The van der Waals surface area contributed by atoms with Crippen LogP contribution in [0.1, 0.15) is 35.7 Å². The van der Waals surface area contributed by atoms with Gasteiger partial charge in [-0.25, -0.2) is 14.5 Å². The Morgan fingerprint density at radius 1 is 1.47 bits per heavy atom. The Bertz CT molecular complexity index is 585. The molecule has 2 heterocycles. The van der Waals surface area contributed by atoms with E-state index in [1.54, 1.807) is 17.2 Å². The van der Waals surface area contributed by atoms with Crippen LogP contribution in [-0.2, 0) is 20.0 Å². The van der Waals surface area contributed by atoms with E-state index in [0.717, 1.165) is 5.69 Å². The lowest BCUT2D eigenvalue weighted by Crippen LogP contribution is -2.13. The summed E-state index contributed by atoms with van der Waals surface area (Å²) in [5.41, 5.74) is 1.64. The lowest BCUT2D eigenvalue weighted by Gasteiger charge is -2.09. The number of carboxylic acid groups (broad SMARTS) is 1. The third-order valence-corrected chi connectivity index (χ3v) is 2.87. The number of aromatic nitrogens is 5. The van der Waals surface area contributed by atoms with Gasteiger partial charge in [0.1, 0.15) is 0 Å². The first-order valence-electron chi connectivity index (χ1n) is 6.10. The van der Waals surface area contributed by atoms with Gasteiger partial charge in [-0.1, -0.05) is 19.1 Å². The largest absolute Gasteiger partial charge is 0.476 e. The number of carboxylic acids is 1. The molecule has 19 heavy (non-hydrogen) atoms. The highest BCUT2D eigenvalue weighted by molar-refractivity contribution is 5.86. The minimum absolute atomic E-state index is 0.0378. The quantitative estimate of drug-likeness (QED) is 0.868. The van der Waals surface area contributed by atoms with Crippen LogP contribution in [0.25, 0.3) is 0 Å². The molecular weight excluding hydrogens is 246 g/mol. The summed E-state index contributed by atoms with van der Waals surface area (Å²) >= 11 is 0. The maximum absolute atomic E-state index is 11.2. The Balaban J connectivity index is 2.34. The molecule has 0 unspecified atom stereocenters. The van der Waals surface area contributed by atoms with Crippen molar-refractivity contribution in [2.24, 2.45) is 13.0 Å². The fourth-order valence-electron chi connectivity index (χ4n) is 1.91. The van der Waals surface area contributed by atoms with E-state index in [1.807, 2.05) is 25.5 Å². The van der Waals surface area contributed by atoms with Crippen LogP contribution >= 0.6 is 0 Å². The number of aromatic carboxylic acids is 1. The second kappa shape index (κ2) is 5.21. The van der Waals surface area contributed by atoms with Gasteiger partial charge in [-0.3, -0.25) is 0 Å². The van der Waals surface area contributed by atoms with Crippen molar-refractivity contribution in [3.63, 3.8) is 0 Å². The number of aryl methyl sites for hydroxylation is 1. The number of rotatable bonds is 5. The summed E-state index contributed by atoms with van der Waals surface area (Å²) in [7, 11) is 1.89. The smallest absolute Gasteiger partial charge is 0.358 e. The maximum atomic E-state index is 11.2. The monoisotopic (exact) mass is 263 g/mol. The van der Waals surface area contributed by atoms with Crippen molar-refractivity contribution in [2.75, 3.05) is 0 Å². The van der Waals surface area contributed by atoms with Gasteiger partial charge in [0.05, 0.1) is 30.5 Å². The molecule has 1 N–H and O–H groups in total. The summed E-state index contributed by atoms with van der Waals surface area (Å²) < 4.78 is 3.52. The van der Waals surface area contributed by atoms with Crippen molar-refractivity contribution in [1.29, 1.82) is 0 Å². The van der Waals surface area contributed by atoms with Gasteiger partial charge in [0, 0.05) is 7.05 Å². The predicted octanol–water partition coefficient (Wildman–Crippen LogP) is 0.957. The average Bonchev–Trinajstić information content (AvgIpc) is 2.87. The van der Waals surface area contributed by atoms with Gasteiger partial charge < -0.3 is 9.67 Å². The SMILES string of the molecule is CC(C)Cc1c(C(=O)O)nnn1Cc1cncn1C. The van der Waals surface area contributed by atoms with Crippen LogP contribution < -0.4 is 0 Å². The summed E-state index contributed by atoms with van der Waals surface area (Å²) in [6.45, 7) is 4.54. The highest BCUT2D eigenvalue weighted by Crippen LogP contribution is 2.13. The van der Waals surface area contributed by atoms with Crippen molar-refractivity contribution in [3.05, 3.63) is 29.6 Å². The third-order valence-electron chi connectivity index (χ3n) is 2.87. The molecule has 0 fully saturated rings. The van der Waals surface area contributed by atoms with Crippen LogP contribution in [0.5, 0.6) is 0 Å². The van der Waals surface area contributed by atoms with Crippen LogP contribution in [-0.4, -0.2) is 35.6 Å². The van der Waals surface area contributed by atoms with E-state index in [2.05, 4.69) is 15.3 Å². The maximum Gasteiger partial charge on any atom is 0.358 e. The first-order chi connectivity index (χ1) is 8.99. The fourth-order valence-corrected chi connectivity index (χ4v) is 1.91. The van der Waals surface area contributed by atoms with Gasteiger partial charge in [-0.05, 0) is 12.3 Å². The standard InChI is InChI=1S/C12H17N5O2/c1-8(2)4-10-11(12(18)19)14-15-17(10)6-9-5-13-7-16(9)3/h5,7-8H,4,6H2,1-3H3,(H,18,19). The van der Waals surface area contributed by atoms with Gasteiger partial charge in [-0.15, -0.1) is 5.10 Å². The molecule has 0 atom stereocenters. The van der Waals surface area contributed by atoms with E-state index in [0.29, 0.717) is 24.6 Å². The van der Waals surface area contributed by atoms with Crippen molar-refractivity contribution in [1.82, 2.24) is 24.5 Å². The van der Waals surface area contributed by atoms with E-state index < -0.39 is 5.97 Å². The third kappa shape index (κ3) is 2.81. The molecular formula is C12H17N5O2. The Labute approximate surface area is 110 Å². The molecule has 0 radical (unpaired) electrons. The molecule has 102 valence electrons. The lowest BCUT2D eigenvalue weighted by molar-refractivity contribution is 0.0689. The highest BCUT2D eigenvalue weighted by Gasteiger charge is 2.20. The second-order valence-corrected chi connectivity index (χ2v) is 4.94. The Morgan fingerprint density at radius 2 is 2.21 bits per heavy atom. The number of imidazole rings is 1. The van der Waals surface area contributed by atoms with E-state index in [-0.39, 0.29) is 5.69 Å². The Hall–Kier alpha value is -2.18. The van der Waals surface area contributed by atoms with Crippen LogP contribution in [0, 0.1) is 5.92 Å². The van der Waals surface area contributed by atoms with E-state index >= 15 is 0 Å². The van der Waals surface area contributed by atoms with Crippen molar-refractivity contribution in [3.8, 4) is 0 Å². The molecule has 0 aliphatic carbocycles. The minimum Gasteiger partial charge on any atom is -0.476 e. The Morgan fingerprint density at radius 3 is 2.74 bits per heavy atom. The van der Waals surface area contributed by atoms with Crippen molar-refractivity contribution < 1.29 is 9.90 Å². The zero-order valence-corrected chi connectivity index (χ0v) is 11.2. The lowest BCUT2D eigenvalue weighted by atomic mass is 10.1. The summed E-state index contributed by atoms with van der Waals surface area (Å²) in [5.74, 6) is -0.700. The van der Waals surface area contributed by atoms with E-state index in [9.17, 15) is 4.79 Å². The normalized spacial score (nSPS) is 11.2. The van der Waals surface area contributed by atoms with Crippen LogP contribution in [0.3, 0.4) is 0 Å². The number of nitrogens with zero attached hydrogens (tertiary/aromatic N) is 5. The molecule has 0 bridgehead atoms. The van der Waals surface area contributed by atoms with Crippen molar-refractivity contribution in [2.45, 2.75) is 26.8 Å². The zero-order valence-electron chi connectivity index (χ0n) is 11.2. The molecule has 7 heteroatoms. The average molecular weight is 263 g/mol. The molecule has 7 nitrogen and oxygen atoms in total. The molecule has 0 amide bonds. The molecule has 0 aliphatic rings. The molecule has 0 saturated heterocycles. The topological polar surface area (TPSA) is 85.8 Å². The summed E-state index contributed by atoms with van der Waals surface area (Å²) in [4.78, 5) is 15.2. The van der Waals surface area contributed by atoms with Gasteiger partial charge >= 0.3 is 5.97 Å². The molecule has 2 aromatic heterocycles. The molecule has 0 saturated carbocycles. The number of hydrogen-bond donors (Lipinski definition) is 1. The molecule has 0 spiro atoms. The molecule has 0 aliphatic heterocycles. The van der Waals surface area contributed by atoms with E-state index in [1.165, 1.54) is 0 Å². The van der Waals surface area contributed by atoms with Crippen LogP contribution in [0.2, 0.25) is 0 Å². The number of hydrogen-bond acceptors (Lipinski definition) is 4. The van der Waals surface area contributed by atoms with Crippen LogP contribution in [0.4, 0.5) is 0 Å². The van der Waals surface area contributed by atoms with Gasteiger partial charge in [0.15, 0.2) is 5.69 Å². The van der Waals surface area contributed by atoms with Gasteiger partial charge in [0.25, 0.3) is 0 Å². The van der Waals surface area contributed by atoms with Crippen LogP contribution in [0.15, 0.2) is 12.5 Å². The Kier molecular flexibility index (Phi) is 3.64. The van der Waals surface area contributed by atoms with Gasteiger partial charge in [-0.2, -0.15) is 0 Å².